The first kappa shape index (κ1) is 12.6. The molecule has 0 atom stereocenters. The first-order valence-electron chi connectivity index (χ1n) is 5.02. The third kappa shape index (κ3) is 2.53. The van der Waals surface area contributed by atoms with Crippen LogP contribution < -0.4 is 0 Å². The van der Waals surface area contributed by atoms with Crippen molar-refractivity contribution in [1.82, 2.24) is 20.0 Å². The van der Waals surface area contributed by atoms with Gasteiger partial charge in [-0.05, 0) is 22.9 Å². The summed E-state index contributed by atoms with van der Waals surface area (Å²) in [4.78, 5) is 15.2. The van der Waals surface area contributed by atoms with Crippen LogP contribution in [0.1, 0.15) is 17.4 Å². The Bertz CT molecular complexity index is 587. The van der Waals surface area contributed by atoms with E-state index < -0.39 is 11.8 Å². The highest BCUT2D eigenvalue weighted by atomic mass is 79.9. The molecule has 0 amide bonds. The van der Waals surface area contributed by atoms with Crippen molar-refractivity contribution in [2.24, 2.45) is 0 Å². The highest BCUT2D eigenvalue weighted by molar-refractivity contribution is 9.10. The summed E-state index contributed by atoms with van der Waals surface area (Å²) in [6.45, 7) is 1.94. The second-order valence-electron chi connectivity index (χ2n) is 3.23. The highest BCUT2D eigenvalue weighted by Crippen LogP contribution is 2.15. The van der Waals surface area contributed by atoms with Gasteiger partial charge in [-0.2, -0.15) is 0 Å². The first-order chi connectivity index (χ1) is 8.61. The van der Waals surface area contributed by atoms with Gasteiger partial charge in [-0.3, -0.25) is 0 Å². The van der Waals surface area contributed by atoms with Crippen molar-refractivity contribution >= 4 is 21.9 Å². The zero-order chi connectivity index (χ0) is 13.1. The largest absolute Gasteiger partial charge is 0.461 e. The van der Waals surface area contributed by atoms with Crippen molar-refractivity contribution in [3.05, 3.63) is 34.6 Å². The Morgan fingerprint density at radius 2 is 2.39 bits per heavy atom. The smallest absolute Gasteiger partial charge is 0.360 e. The number of hydrogen-bond acceptors (Lipinski definition) is 5. The van der Waals surface area contributed by atoms with Gasteiger partial charge in [0.15, 0.2) is 11.5 Å². The molecule has 0 unspecified atom stereocenters. The number of nitrogens with zero attached hydrogens (tertiary/aromatic N) is 4. The van der Waals surface area contributed by atoms with Gasteiger partial charge in [-0.25, -0.2) is 18.9 Å². The molecule has 6 nitrogen and oxygen atoms in total. The average Bonchev–Trinajstić information content (AvgIpc) is 2.82. The maximum atomic E-state index is 13.3. The van der Waals surface area contributed by atoms with Crippen LogP contribution in [0.3, 0.4) is 0 Å². The Morgan fingerprint density at radius 1 is 1.61 bits per heavy atom. The fourth-order valence-corrected chi connectivity index (χ4v) is 1.44. The molecule has 2 aromatic heterocycles. The van der Waals surface area contributed by atoms with Gasteiger partial charge < -0.3 is 4.74 Å². The Labute approximate surface area is 110 Å². The molecule has 0 aromatic carbocycles. The number of ether oxygens (including phenoxy) is 1. The number of carbonyl (C=O) groups excluding carboxylic acids is 1. The van der Waals surface area contributed by atoms with Crippen LogP contribution in [0.4, 0.5) is 4.39 Å². The Kier molecular flexibility index (Phi) is 3.66. The van der Waals surface area contributed by atoms with Crippen molar-refractivity contribution in [2.75, 3.05) is 6.61 Å². The van der Waals surface area contributed by atoms with Crippen molar-refractivity contribution in [3.63, 3.8) is 0 Å². The number of carbonyl (C=O) groups is 1. The van der Waals surface area contributed by atoms with Crippen LogP contribution >= 0.6 is 15.9 Å². The summed E-state index contributed by atoms with van der Waals surface area (Å²) >= 11 is 2.95. The van der Waals surface area contributed by atoms with E-state index in [2.05, 4.69) is 31.2 Å². The molecule has 0 aliphatic rings. The Hall–Kier alpha value is -1.83. The summed E-state index contributed by atoms with van der Waals surface area (Å²) in [6.07, 6.45) is 2.75. The SMILES string of the molecule is CCOC(=O)c1cn(-c2cnc(Br)c(F)c2)nn1. The lowest BCUT2D eigenvalue weighted by Crippen LogP contribution is -2.04. The molecule has 0 N–H and O–H groups in total. The number of aromatic nitrogens is 4. The molecule has 0 spiro atoms. The minimum atomic E-state index is -0.575. The van der Waals surface area contributed by atoms with Crippen molar-refractivity contribution < 1.29 is 13.9 Å². The molecular formula is C10H8BrFN4O2. The molecule has 0 radical (unpaired) electrons. The summed E-state index contributed by atoms with van der Waals surface area (Å²) in [5.74, 6) is -1.10. The number of hydrogen-bond donors (Lipinski definition) is 0. The first-order valence-corrected chi connectivity index (χ1v) is 5.82. The fraction of sp³-hybridized carbons (Fsp3) is 0.200. The molecule has 2 heterocycles. The van der Waals surface area contributed by atoms with Crippen LogP contribution in [0.25, 0.3) is 5.69 Å². The molecular weight excluding hydrogens is 307 g/mol. The maximum Gasteiger partial charge on any atom is 0.360 e. The van der Waals surface area contributed by atoms with E-state index in [-0.39, 0.29) is 16.9 Å². The number of halogens is 2. The van der Waals surface area contributed by atoms with E-state index >= 15 is 0 Å². The van der Waals surface area contributed by atoms with E-state index in [1.165, 1.54) is 23.1 Å². The molecule has 0 aliphatic carbocycles. The van der Waals surface area contributed by atoms with Gasteiger partial charge in [0.25, 0.3) is 0 Å². The van der Waals surface area contributed by atoms with Gasteiger partial charge in [0.05, 0.1) is 24.7 Å². The minimum absolute atomic E-state index is 0.0557. The molecule has 0 saturated heterocycles. The third-order valence-electron chi connectivity index (χ3n) is 2.02. The summed E-state index contributed by atoms with van der Waals surface area (Å²) in [6, 6.07) is 1.22. The standard InChI is InChI=1S/C10H8BrFN4O2/c1-2-18-10(17)8-5-16(15-14-8)6-3-7(12)9(11)13-4-6/h3-5H,2H2,1H3. The van der Waals surface area contributed by atoms with E-state index in [4.69, 9.17) is 4.74 Å². The van der Waals surface area contributed by atoms with Gasteiger partial charge >= 0.3 is 5.97 Å². The Morgan fingerprint density at radius 3 is 3.06 bits per heavy atom. The van der Waals surface area contributed by atoms with Crippen molar-refractivity contribution in [1.29, 1.82) is 0 Å². The number of esters is 1. The predicted octanol–water partition coefficient (Wildman–Crippen LogP) is 1.74. The van der Waals surface area contributed by atoms with Crippen molar-refractivity contribution in [3.8, 4) is 5.69 Å². The van der Waals surface area contributed by atoms with E-state index in [1.54, 1.807) is 6.92 Å². The van der Waals surface area contributed by atoms with Crippen LogP contribution in [0.2, 0.25) is 0 Å². The molecule has 0 bridgehead atoms. The van der Waals surface area contributed by atoms with Gasteiger partial charge in [-0.1, -0.05) is 5.21 Å². The van der Waals surface area contributed by atoms with E-state index in [9.17, 15) is 9.18 Å². The van der Waals surface area contributed by atoms with Crippen LogP contribution in [0.15, 0.2) is 23.1 Å². The van der Waals surface area contributed by atoms with Crippen LogP contribution in [-0.4, -0.2) is 32.6 Å². The second kappa shape index (κ2) is 5.21. The van der Waals surface area contributed by atoms with Gasteiger partial charge in [-0.15, -0.1) is 5.10 Å². The molecule has 8 heteroatoms. The van der Waals surface area contributed by atoms with E-state index in [0.29, 0.717) is 5.69 Å². The zero-order valence-corrected chi connectivity index (χ0v) is 10.9. The molecule has 18 heavy (non-hydrogen) atoms. The summed E-state index contributed by atoms with van der Waals surface area (Å²) in [5, 5.41) is 7.34. The van der Waals surface area contributed by atoms with Crippen LogP contribution in [0.5, 0.6) is 0 Å². The van der Waals surface area contributed by atoms with Crippen LogP contribution in [-0.2, 0) is 4.74 Å². The topological polar surface area (TPSA) is 69.9 Å². The van der Waals surface area contributed by atoms with Gasteiger partial charge in [0.1, 0.15) is 4.60 Å². The quantitative estimate of drug-likeness (QED) is 0.637. The highest BCUT2D eigenvalue weighted by Gasteiger charge is 2.13. The molecule has 0 fully saturated rings. The summed E-state index contributed by atoms with van der Waals surface area (Å²) < 4.78 is 19.4. The monoisotopic (exact) mass is 314 g/mol. The normalized spacial score (nSPS) is 10.4. The summed E-state index contributed by atoms with van der Waals surface area (Å²) in [7, 11) is 0. The van der Waals surface area contributed by atoms with Crippen LogP contribution in [0, 0.1) is 5.82 Å². The lowest BCUT2D eigenvalue weighted by molar-refractivity contribution is 0.0519. The molecule has 94 valence electrons. The van der Waals surface area contributed by atoms with Gasteiger partial charge in [0.2, 0.25) is 0 Å². The van der Waals surface area contributed by atoms with Crippen molar-refractivity contribution in [2.45, 2.75) is 6.92 Å². The zero-order valence-electron chi connectivity index (χ0n) is 9.30. The lowest BCUT2D eigenvalue weighted by atomic mass is 10.4. The fourth-order valence-electron chi connectivity index (χ4n) is 1.22. The van der Waals surface area contributed by atoms with E-state index in [1.807, 2.05) is 0 Å². The molecule has 2 rings (SSSR count). The molecule has 0 saturated carbocycles. The Balaban J connectivity index is 2.29. The number of rotatable bonds is 3. The van der Waals surface area contributed by atoms with E-state index in [0.717, 1.165) is 0 Å². The second-order valence-corrected chi connectivity index (χ2v) is 3.99. The maximum absolute atomic E-state index is 13.3. The third-order valence-corrected chi connectivity index (χ3v) is 2.61. The van der Waals surface area contributed by atoms with Gasteiger partial charge in [0, 0.05) is 6.07 Å². The summed E-state index contributed by atoms with van der Waals surface area (Å²) in [5.41, 5.74) is 0.416. The predicted molar refractivity (Wildman–Crippen MR) is 62.8 cm³/mol. The number of pyridine rings is 1. The average molecular weight is 315 g/mol. The minimum Gasteiger partial charge on any atom is -0.461 e. The molecule has 2 aromatic rings. The lowest BCUT2D eigenvalue weighted by Gasteiger charge is -2.00. The molecule has 0 aliphatic heterocycles.